The van der Waals surface area contributed by atoms with Crippen molar-refractivity contribution in [2.75, 3.05) is 5.88 Å². The number of rotatable bonds is 1. The molecule has 0 saturated carbocycles. The average Bonchev–Trinajstić information content (AvgIpc) is 1.85. The number of carbonyl (C=O) groups is 2. The van der Waals surface area contributed by atoms with Crippen molar-refractivity contribution < 1.29 is 14.3 Å². The van der Waals surface area contributed by atoms with Gasteiger partial charge in [-0.25, -0.2) is 0 Å². The smallest absolute Gasteiger partial charge is 0.313 e. The molecular formula is C6H7ClO3. The van der Waals surface area contributed by atoms with Crippen molar-refractivity contribution >= 4 is 23.4 Å². The van der Waals surface area contributed by atoms with Crippen LogP contribution >= 0.6 is 11.6 Å². The Morgan fingerprint density at radius 1 is 1.60 bits per heavy atom. The van der Waals surface area contributed by atoms with Gasteiger partial charge in [-0.3, -0.25) is 9.59 Å². The summed E-state index contributed by atoms with van der Waals surface area (Å²) in [5, 5.41) is 0. The summed E-state index contributed by atoms with van der Waals surface area (Å²) in [4.78, 5) is 21.2. The molecule has 4 heteroatoms. The van der Waals surface area contributed by atoms with Crippen LogP contribution in [0.25, 0.3) is 0 Å². The third-order valence-corrected chi connectivity index (χ3v) is 1.61. The zero-order chi connectivity index (χ0) is 7.56. The summed E-state index contributed by atoms with van der Waals surface area (Å²) in [6.07, 6.45) is -0.210. The van der Waals surface area contributed by atoms with Crippen LogP contribution in [0.5, 0.6) is 0 Å². The van der Waals surface area contributed by atoms with Crippen molar-refractivity contribution in [3.05, 3.63) is 0 Å². The minimum absolute atomic E-state index is 0.0816. The quantitative estimate of drug-likeness (QED) is 0.320. The molecule has 3 nitrogen and oxygen atoms in total. The lowest BCUT2D eigenvalue weighted by Gasteiger charge is -2.18. The fraction of sp³-hybridized carbons (Fsp3) is 0.667. The van der Waals surface area contributed by atoms with Gasteiger partial charge in [0.05, 0.1) is 5.88 Å². The van der Waals surface area contributed by atoms with Crippen LogP contribution in [0.3, 0.4) is 0 Å². The number of hydrogen-bond donors (Lipinski definition) is 0. The Kier molecular flexibility index (Phi) is 2.27. The fourth-order valence-corrected chi connectivity index (χ4v) is 1.01. The Labute approximate surface area is 63.3 Å². The van der Waals surface area contributed by atoms with E-state index >= 15 is 0 Å². The van der Waals surface area contributed by atoms with Crippen LogP contribution in [0.1, 0.15) is 12.8 Å². The summed E-state index contributed by atoms with van der Waals surface area (Å²) in [6.45, 7) is 0. The Morgan fingerprint density at radius 2 is 2.30 bits per heavy atom. The van der Waals surface area contributed by atoms with Gasteiger partial charge in [0.15, 0.2) is 0 Å². The van der Waals surface area contributed by atoms with Crippen LogP contribution in [0.2, 0.25) is 0 Å². The molecule has 0 amide bonds. The average molecular weight is 163 g/mol. The molecule has 1 unspecified atom stereocenters. The van der Waals surface area contributed by atoms with Crippen LogP contribution in [-0.2, 0) is 14.3 Å². The lowest BCUT2D eigenvalue weighted by atomic mass is 10.1. The summed E-state index contributed by atoms with van der Waals surface area (Å²) < 4.78 is 4.71. The highest BCUT2D eigenvalue weighted by Gasteiger charge is 2.25. The number of Topliss-reactive ketones (excluding diaryl/α,β-unsaturated/α-hetero) is 1. The van der Waals surface area contributed by atoms with Crippen LogP contribution in [0, 0.1) is 0 Å². The molecule has 0 radical (unpaired) electrons. The second kappa shape index (κ2) is 3.01. The molecule has 1 aliphatic rings. The van der Waals surface area contributed by atoms with Gasteiger partial charge in [0, 0.05) is 6.42 Å². The molecule has 0 aromatic carbocycles. The first-order chi connectivity index (χ1) is 4.72. The van der Waals surface area contributed by atoms with Crippen LogP contribution in [0.15, 0.2) is 0 Å². The molecule has 1 aliphatic heterocycles. The van der Waals surface area contributed by atoms with E-state index in [1.165, 1.54) is 0 Å². The number of halogens is 1. The minimum atomic E-state index is -0.457. The lowest BCUT2D eigenvalue weighted by Crippen LogP contribution is -2.30. The van der Waals surface area contributed by atoms with Crippen LogP contribution in [-0.4, -0.2) is 23.7 Å². The molecule has 0 N–H and O–H groups in total. The number of carbonyl (C=O) groups excluding carboxylic acids is 2. The van der Waals surface area contributed by atoms with Gasteiger partial charge in [-0.1, -0.05) is 0 Å². The monoisotopic (exact) mass is 162 g/mol. The first-order valence-corrected chi connectivity index (χ1v) is 3.53. The first kappa shape index (κ1) is 7.54. The first-order valence-electron chi connectivity index (χ1n) is 2.99. The maximum absolute atomic E-state index is 10.7. The van der Waals surface area contributed by atoms with Gasteiger partial charge in [-0.2, -0.15) is 0 Å². The number of ether oxygens (including phenoxy) is 1. The van der Waals surface area contributed by atoms with E-state index < -0.39 is 12.1 Å². The molecule has 1 fully saturated rings. The summed E-state index contributed by atoms with van der Waals surface area (Å²) >= 11 is 5.38. The van der Waals surface area contributed by atoms with E-state index in [1.54, 1.807) is 0 Å². The molecule has 0 aliphatic carbocycles. The zero-order valence-corrected chi connectivity index (χ0v) is 6.06. The molecule has 1 rings (SSSR count). The maximum Gasteiger partial charge on any atom is 0.313 e. The molecule has 1 heterocycles. The van der Waals surface area contributed by atoms with E-state index in [0.717, 1.165) is 0 Å². The molecule has 10 heavy (non-hydrogen) atoms. The molecular weight excluding hydrogens is 156 g/mol. The number of esters is 1. The van der Waals surface area contributed by atoms with Gasteiger partial charge in [0.1, 0.15) is 18.3 Å². The number of ketones is 1. The second-order valence-electron chi connectivity index (χ2n) is 2.19. The Hall–Kier alpha value is -0.570. The largest absolute Gasteiger partial charge is 0.460 e. The van der Waals surface area contributed by atoms with E-state index in [-0.39, 0.29) is 24.5 Å². The Bertz CT molecular complexity index is 150. The van der Waals surface area contributed by atoms with Crippen LogP contribution in [0.4, 0.5) is 0 Å². The van der Waals surface area contributed by atoms with E-state index in [1.807, 2.05) is 0 Å². The SMILES string of the molecule is O=C1CC(=O)OC(CCl)C1. The van der Waals surface area contributed by atoms with Crippen molar-refractivity contribution in [2.45, 2.75) is 18.9 Å². The Balaban J connectivity index is 2.50. The topological polar surface area (TPSA) is 43.4 Å². The van der Waals surface area contributed by atoms with Gasteiger partial charge in [-0.05, 0) is 0 Å². The molecule has 0 spiro atoms. The number of hydrogen-bond acceptors (Lipinski definition) is 3. The third kappa shape index (κ3) is 1.70. The Morgan fingerprint density at radius 3 is 2.80 bits per heavy atom. The van der Waals surface area contributed by atoms with Crippen molar-refractivity contribution in [2.24, 2.45) is 0 Å². The van der Waals surface area contributed by atoms with Crippen molar-refractivity contribution in [1.29, 1.82) is 0 Å². The fourth-order valence-electron chi connectivity index (χ4n) is 0.842. The van der Waals surface area contributed by atoms with Crippen LogP contribution < -0.4 is 0 Å². The second-order valence-corrected chi connectivity index (χ2v) is 2.49. The third-order valence-electron chi connectivity index (χ3n) is 1.27. The van der Waals surface area contributed by atoms with Crippen molar-refractivity contribution in [1.82, 2.24) is 0 Å². The number of cyclic esters (lactones) is 1. The summed E-state index contributed by atoms with van der Waals surface area (Å²) in [5.74, 6) is -0.332. The predicted molar refractivity (Wildman–Crippen MR) is 34.8 cm³/mol. The lowest BCUT2D eigenvalue weighted by molar-refractivity contribution is -0.156. The standard InChI is InChI=1S/C6H7ClO3/c7-3-5-1-4(8)2-6(9)10-5/h5H,1-3H2. The van der Waals surface area contributed by atoms with E-state index in [4.69, 9.17) is 16.3 Å². The van der Waals surface area contributed by atoms with Crippen molar-refractivity contribution in [3.8, 4) is 0 Å². The predicted octanol–water partition coefficient (Wildman–Crippen LogP) is 0.500. The van der Waals surface area contributed by atoms with Gasteiger partial charge in [0.2, 0.25) is 0 Å². The van der Waals surface area contributed by atoms with Gasteiger partial charge in [-0.15, -0.1) is 11.6 Å². The van der Waals surface area contributed by atoms with Gasteiger partial charge >= 0.3 is 5.97 Å². The van der Waals surface area contributed by atoms with Gasteiger partial charge < -0.3 is 4.74 Å². The van der Waals surface area contributed by atoms with E-state index in [2.05, 4.69) is 0 Å². The molecule has 0 aromatic heterocycles. The summed E-state index contributed by atoms with van der Waals surface area (Å²) in [5.41, 5.74) is 0. The highest BCUT2D eigenvalue weighted by atomic mass is 35.5. The summed E-state index contributed by atoms with van der Waals surface area (Å²) in [6, 6.07) is 0. The highest BCUT2D eigenvalue weighted by molar-refractivity contribution is 6.18. The number of alkyl halides is 1. The highest BCUT2D eigenvalue weighted by Crippen LogP contribution is 2.11. The van der Waals surface area contributed by atoms with E-state index in [0.29, 0.717) is 0 Å². The molecule has 0 bridgehead atoms. The van der Waals surface area contributed by atoms with E-state index in [9.17, 15) is 9.59 Å². The minimum Gasteiger partial charge on any atom is -0.460 e. The van der Waals surface area contributed by atoms with Gasteiger partial charge in [0.25, 0.3) is 0 Å². The molecule has 1 saturated heterocycles. The normalized spacial score (nSPS) is 26.3. The van der Waals surface area contributed by atoms with Crippen molar-refractivity contribution in [3.63, 3.8) is 0 Å². The molecule has 0 aromatic rings. The zero-order valence-electron chi connectivity index (χ0n) is 5.30. The molecule has 1 atom stereocenters. The maximum atomic E-state index is 10.7. The summed E-state index contributed by atoms with van der Waals surface area (Å²) in [7, 11) is 0. The molecule has 56 valence electrons.